The van der Waals surface area contributed by atoms with E-state index in [1.165, 1.54) is 11.7 Å². The highest BCUT2D eigenvalue weighted by Gasteiger charge is 2.38. The van der Waals surface area contributed by atoms with Gasteiger partial charge in [0.25, 0.3) is 11.5 Å². The molecule has 4 aromatic rings. The molecule has 0 unspecified atom stereocenters. The predicted molar refractivity (Wildman–Crippen MR) is 161 cm³/mol. The quantitative estimate of drug-likeness (QED) is 0.307. The molecule has 0 aliphatic carbocycles. The Morgan fingerprint density at radius 1 is 1.02 bits per heavy atom. The van der Waals surface area contributed by atoms with Crippen molar-refractivity contribution in [3.63, 3.8) is 0 Å². The number of halogens is 1. The first-order valence-corrected chi connectivity index (χ1v) is 14.5. The van der Waals surface area contributed by atoms with Gasteiger partial charge in [0, 0.05) is 16.1 Å². The molecule has 2 aliphatic rings. The second kappa shape index (κ2) is 11.1. The van der Waals surface area contributed by atoms with Gasteiger partial charge >= 0.3 is 5.97 Å². The third-order valence-electron chi connectivity index (χ3n) is 7.33. The highest BCUT2D eigenvalue weighted by Crippen LogP contribution is 2.38. The Morgan fingerprint density at radius 3 is 2.48 bits per heavy atom. The van der Waals surface area contributed by atoms with Crippen molar-refractivity contribution in [2.75, 3.05) is 18.6 Å². The van der Waals surface area contributed by atoms with Gasteiger partial charge in [-0.25, -0.2) is 9.79 Å². The van der Waals surface area contributed by atoms with Crippen LogP contribution in [0.5, 0.6) is 5.75 Å². The number of hydrogen-bond acceptors (Lipinski definition) is 7. The van der Waals surface area contributed by atoms with Gasteiger partial charge in [-0.05, 0) is 43.7 Å². The van der Waals surface area contributed by atoms with E-state index >= 15 is 0 Å². The maximum atomic E-state index is 14.4. The number of para-hydroxylation sites is 2. The number of benzene rings is 3. The molecule has 8 nitrogen and oxygen atoms in total. The molecular weight excluding hydrogens is 574 g/mol. The SMILES string of the molecule is CCOC(=O)C1=C(C)N=c2s/c(=C3/C(=O)N(Cc4ccc(Cl)cc4)c4ccccc43)c(=O)n2[C@@H]1c1ccccc1OC. The van der Waals surface area contributed by atoms with Crippen LogP contribution in [0.2, 0.25) is 5.02 Å². The number of allylic oxidation sites excluding steroid dienone is 1. The van der Waals surface area contributed by atoms with Crippen LogP contribution in [-0.2, 0) is 20.9 Å². The number of anilines is 1. The van der Waals surface area contributed by atoms with Crippen LogP contribution in [0.15, 0.2) is 93.9 Å². The summed E-state index contributed by atoms with van der Waals surface area (Å²) >= 11 is 7.21. The summed E-state index contributed by atoms with van der Waals surface area (Å²) in [7, 11) is 1.54. The monoisotopic (exact) mass is 599 g/mol. The van der Waals surface area contributed by atoms with E-state index in [-0.39, 0.29) is 22.6 Å². The highest BCUT2D eigenvalue weighted by atomic mass is 35.5. The number of hydrogen-bond donors (Lipinski definition) is 0. The molecule has 6 rings (SSSR count). The number of amides is 1. The molecule has 3 heterocycles. The standard InChI is InChI=1S/C32H26ClN3O5S/c1-4-41-31(39)25-18(2)34-32-36(27(25)22-10-6-8-12-24(22)40-3)30(38)28(42-32)26-21-9-5-7-11-23(21)35(29(26)37)17-19-13-15-20(33)16-14-19/h5-16,27H,4,17H2,1-3H3/b28-26+/t27-/m1/s1. The van der Waals surface area contributed by atoms with E-state index in [1.807, 2.05) is 54.6 Å². The lowest BCUT2D eigenvalue weighted by Crippen LogP contribution is -2.41. The number of thiazole rings is 1. The second-order valence-corrected chi connectivity index (χ2v) is 11.2. The number of nitrogens with zero attached hydrogens (tertiary/aromatic N) is 3. The van der Waals surface area contributed by atoms with E-state index in [0.29, 0.717) is 50.2 Å². The van der Waals surface area contributed by atoms with E-state index < -0.39 is 17.6 Å². The van der Waals surface area contributed by atoms with E-state index in [4.69, 9.17) is 21.1 Å². The number of methoxy groups -OCH3 is 1. The minimum absolute atomic E-state index is 0.164. The van der Waals surface area contributed by atoms with Gasteiger partial charge in [-0.3, -0.25) is 14.2 Å². The molecule has 0 bridgehead atoms. The molecule has 42 heavy (non-hydrogen) atoms. The fraction of sp³-hybridized carbons (Fsp3) is 0.188. The Balaban J connectivity index is 1.58. The Kier molecular flexibility index (Phi) is 7.30. The van der Waals surface area contributed by atoms with E-state index in [1.54, 1.807) is 36.9 Å². The van der Waals surface area contributed by atoms with Crippen molar-refractivity contribution < 1.29 is 19.1 Å². The summed E-state index contributed by atoms with van der Waals surface area (Å²) in [6.45, 7) is 3.92. The molecular formula is C32H26ClN3O5S. The molecule has 0 fully saturated rings. The van der Waals surface area contributed by atoms with Gasteiger partial charge in [0.2, 0.25) is 0 Å². The molecule has 1 amide bonds. The summed E-state index contributed by atoms with van der Waals surface area (Å²) < 4.78 is 12.8. The third kappa shape index (κ3) is 4.55. The second-order valence-electron chi connectivity index (χ2n) is 9.77. The number of rotatable bonds is 6. The number of carbonyl (C=O) groups excluding carboxylic acids is 2. The first kappa shape index (κ1) is 27.7. The number of esters is 1. The van der Waals surface area contributed by atoms with Crippen LogP contribution in [0, 0.1) is 0 Å². The lowest BCUT2D eigenvalue weighted by atomic mass is 9.95. The molecule has 1 aromatic heterocycles. The molecule has 0 saturated heterocycles. The fourth-order valence-corrected chi connectivity index (χ4v) is 6.72. The van der Waals surface area contributed by atoms with Crippen LogP contribution in [0.25, 0.3) is 5.57 Å². The molecule has 2 aliphatic heterocycles. The number of carbonyl (C=O) groups is 2. The fourth-order valence-electron chi connectivity index (χ4n) is 5.46. The number of fused-ring (bicyclic) bond motifs is 2. The summed E-state index contributed by atoms with van der Waals surface area (Å²) in [5.41, 5.74) is 3.45. The number of ether oxygens (including phenoxy) is 2. The van der Waals surface area contributed by atoms with E-state index in [0.717, 1.165) is 16.9 Å². The molecule has 0 radical (unpaired) electrons. The average Bonchev–Trinajstić information content (AvgIpc) is 3.45. The molecule has 3 aromatic carbocycles. The first-order valence-electron chi connectivity index (χ1n) is 13.3. The minimum atomic E-state index is -0.859. The molecule has 1 atom stereocenters. The highest BCUT2D eigenvalue weighted by molar-refractivity contribution is 7.07. The smallest absolute Gasteiger partial charge is 0.338 e. The van der Waals surface area contributed by atoms with Crippen molar-refractivity contribution in [3.05, 3.63) is 125 Å². The van der Waals surface area contributed by atoms with E-state index in [2.05, 4.69) is 4.99 Å². The van der Waals surface area contributed by atoms with Gasteiger partial charge in [-0.1, -0.05) is 71.5 Å². The molecule has 0 spiro atoms. The van der Waals surface area contributed by atoms with Crippen LogP contribution in [-0.4, -0.2) is 30.2 Å². The molecule has 10 heteroatoms. The normalized spacial score (nSPS) is 17.1. The van der Waals surface area contributed by atoms with Crippen LogP contribution < -0.4 is 24.5 Å². The largest absolute Gasteiger partial charge is 0.496 e. The van der Waals surface area contributed by atoms with Gasteiger partial charge in [-0.2, -0.15) is 0 Å². The van der Waals surface area contributed by atoms with Crippen LogP contribution in [0.1, 0.15) is 36.6 Å². The minimum Gasteiger partial charge on any atom is -0.496 e. The first-order chi connectivity index (χ1) is 20.3. The maximum Gasteiger partial charge on any atom is 0.338 e. The Bertz CT molecular complexity index is 1960. The summed E-state index contributed by atoms with van der Waals surface area (Å²) in [5, 5.41) is 0.607. The maximum absolute atomic E-state index is 14.4. The molecule has 0 saturated carbocycles. The Labute approximate surface area is 250 Å². The van der Waals surface area contributed by atoms with Crippen molar-refractivity contribution in [2.45, 2.75) is 26.4 Å². The van der Waals surface area contributed by atoms with Crippen LogP contribution in [0.3, 0.4) is 0 Å². The van der Waals surface area contributed by atoms with Crippen molar-refractivity contribution in [1.82, 2.24) is 4.57 Å². The summed E-state index contributed by atoms with van der Waals surface area (Å²) in [6, 6.07) is 21.1. The van der Waals surface area contributed by atoms with Gasteiger partial charge in [-0.15, -0.1) is 0 Å². The van der Waals surface area contributed by atoms with Gasteiger partial charge in [0.05, 0.1) is 42.8 Å². The molecule has 0 N–H and O–H groups in total. The molecule has 212 valence electrons. The predicted octanol–water partition coefficient (Wildman–Crippen LogP) is 4.38. The summed E-state index contributed by atoms with van der Waals surface area (Å²) in [6.07, 6.45) is 0. The van der Waals surface area contributed by atoms with Crippen LogP contribution >= 0.6 is 22.9 Å². The van der Waals surface area contributed by atoms with Gasteiger partial charge < -0.3 is 14.4 Å². The van der Waals surface area contributed by atoms with Crippen molar-refractivity contribution in [3.8, 4) is 5.75 Å². The number of aromatic nitrogens is 1. The third-order valence-corrected chi connectivity index (χ3v) is 8.64. The van der Waals surface area contributed by atoms with Gasteiger partial charge in [0.1, 0.15) is 16.3 Å². The Hall–Kier alpha value is -4.47. The van der Waals surface area contributed by atoms with Gasteiger partial charge in [0.15, 0.2) is 4.80 Å². The summed E-state index contributed by atoms with van der Waals surface area (Å²) in [4.78, 5) is 48.4. The van der Waals surface area contributed by atoms with Crippen molar-refractivity contribution >= 4 is 46.1 Å². The van der Waals surface area contributed by atoms with Crippen molar-refractivity contribution in [1.29, 1.82) is 0 Å². The van der Waals surface area contributed by atoms with Crippen molar-refractivity contribution in [2.24, 2.45) is 4.99 Å². The summed E-state index contributed by atoms with van der Waals surface area (Å²) in [5.74, 6) is -0.343. The van der Waals surface area contributed by atoms with Crippen LogP contribution in [0.4, 0.5) is 5.69 Å². The zero-order valence-electron chi connectivity index (χ0n) is 23.1. The zero-order valence-corrected chi connectivity index (χ0v) is 24.7. The van der Waals surface area contributed by atoms with E-state index in [9.17, 15) is 14.4 Å². The topological polar surface area (TPSA) is 90.2 Å². The lowest BCUT2D eigenvalue weighted by molar-refractivity contribution is -0.139. The zero-order chi connectivity index (χ0) is 29.5. The average molecular weight is 600 g/mol. The Morgan fingerprint density at radius 2 is 1.74 bits per heavy atom. The lowest BCUT2D eigenvalue weighted by Gasteiger charge is -2.25.